The SMILES string of the molecule is COc1ccc(Cl)cc1N1C(N2CCN(c3ccc(F)cc3)CC2)=Nc2c(P)cccc2C1CC(=O)O. The van der Waals surface area contributed by atoms with E-state index in [0.29, 0.717) is 48.6 Å². The molecule has 2 heterocycles. The van der Waals surface area contributed by atoms with Crippen LogP contribution in [0, 0.1) is 5.82 Å². The number of halogens is 2. The van der Waals surface area contributed by atoms with Crippen LogP contribution in [0.5, 0.6) is 5.75 Å². The number of carboxylic acids is 1. The van der Waals surface area contributed by atoms with Crippen molar-refractivity contribution >= 4 is 55.1 Å². The average molecular weight is 541 g/mol. The number of hydrogen-bond acceptors (Lipinski definition) is 6. The van der Waals surface area contributed by atoms with Crippen LogP contribution in [0.4, 0.5) is 21.5 Å². The number of rotatable bonds is 5. The van der Waals surface area contributed by atoms with Gasteiger partial charge in [0.1, 0.15) is 11.6 Å². The summed E-state index contributed by atoms with van der Waals surface area (Å²) < 4.78 is 19.1. The lowest BCUT2D eigenvalue weighted by Crippen LogP contribution is -2.55. The van der Waals surface area contributed by atoms with E-state index in [1.165, 1.54) is 12.1 Å². The van der Waals surface area contributed by atoms with E-state index in [1.54, 1.807) is 37.4 Å². The van der Waals surface area contributed by atoms with Crippen molar-refractivity contribution in [2.45, 2.75) is 12.5 Å². The molecule has 3 aromatic carbocycles. The number of guanidine groups is 1. The lowest BCUT2D eigenvalue weighted by atomic mass is 9.97. The number of fused-ring (bicyclic) bond motifs is 1. The Morgan fingerprint density at radius 2 is 1.81 bits per heavy atom. The van der Waals surface area contributed by atoms with E-state index in [0.717, 1.165) is 22.2 Å². The van der Waals surface area contributed by atoms with Crippen molar-refractivity contribution in [1.82, 2.24) is 4.90 Å². The van der Waals surface area contributed by atoms with Gasteiger partial charge in [0.25, 0.3) is 0 Å². The van der Waals surface area contributed by atoms with Crippen LogP contribution in [0.15, 0.2) is 65.7 Å². The molecule has 3 aromatic rings. The van der Waals surface area contributed by atoms with Crippen molar-refractivity contribution in [2.75, 3.05) is 43.1 Å². The average Bonchev–Trinajstić information content (AvgIpc) is 2.89. The minimum atomic E-state index is -0.918. The zero-order valence-corrected chi connectivity index (χ0v) is 22.2. The zero-order valence-electron chi connectivity index (χ0n) is 20.3. The summed E-state index contributed by atoms with van der Waals surface area (Å²) in [6, 6.07) is 17.1. The van der Waals surface area contributed by atoms with Crippen molar-refractivity contribution in [1.29, 1.82) is 0 Å². The molecule has 10 heteroatoms. The Hall–Kier alpha value is -3.35. The Morgan fingerprint density at radius 1 is 1.11 bits per heavy atom. The number of ether oxygens (including phenoxy) is 1. The lowest BCUT2D eigenvalue weighted by molar-refractivity contribution is -0.137. The molecule has 2 atom stereocenters. The van der Waals surface area contributed by atoms with E-state index in [4.69, 9.17) is 21.3 Å². The fourth-order valence-electron chi connectivity index (χ4n) is 4.94. The molecule has 5 rings (SSSR count). The second kappa shape index (κ2) is 10.6. The van der Waals surface area contributed by atoms with E-state index in [9.17, 15) is 14.3 Å². The number of piperazine rings is 1. The molecule has 1 saturated heterocycles. The summed E-state index contributed by atoms with van der Waals surface area (Å²) >= 11 is 6.41. The maximum Gasteiger partial charge on any atom is 0.305 e. The van der Waals surface area contributed by atoms with Crippen molar-refractivity contribution < 1.29 is 19.0 Å². The second-order valence-electron chi connectivity index (χ2n) is 8.95. The summed E-state index contributed by atoms with van der Waals surface area (Å²) in [4.78, 5) is 23.5. The molecule has 1 fully saturated rings. The molecular weight excluding hydrogens is 514 g/mol. The predicted molar refractivity (Wildman–Crippen MR) is 149 cm³/mol. The fourth-order valence-corrected chi connectivity index (χ4v) is 5.45. The van der Waals surface area contributed by atoms with Crippen LogP contribution in [0.25, 0.3) is 0 Å². The largest absolute Gasteiger partial charge is 0.495 e. The van der Waals surface area contributed by atoms with Gasteiger partial charge in [0.2, 0.25) is 5.96 Å². The quantitative estimate of drug-likeness (QED) is 0.467. The molecule has 0 radical (unpaired) electrons. The van der Waals surface area contributed by atoms with Crippen molar-refractivity contribution in [3.05, 3.63) is 77.1 Å². The molecule has 7 nitrogen and oxygen atoms in total. The molecule has 1 N–H and O–H groups in total. The first-order chi connectivity index (χ1) is 17.9. The zero-order chi connectivity index (χ0) is 26.1. The van der Waals surface area contributed by atoms with Gasteiger partial charge in [-0.3, -0.25) is 4.79 Å². The van der Waals surface area contributed by atoms with E-state index < -0.39 is 12.0 Å². The molecule has 192 valence electrons. The molecule has 0 aliphatic carbocycles. The van der Waals surface area contributed by atoms with Gasteiger partial charge in [0.05, 0.1) is 30.9 Å². The number of aliphatic imine (C=N–C) groups is 1. The van der Waals surface area contributed by atoms with Crippen LogP contribution in [0.1, 0.15) is 18.0 Å². The third-order valence-corrected chi connectivity index (χ3v) is 7.42. The first-order valence-electron chi connectivity index (χ1n) is 11.9. The maximum atomic E-state index is 13.4. The minimum Gasteiger partial charge on any atom is -0.495 e. The number of para-hydroxylation sites is 1. The molecule has 0 amide bonds. The van der Waals surface area contributed by atoms with Crippen LogP contribution in [-0.2, 0) is 4.79 Å². The van der Waals surface area contributed by atoms with Gasteiger partial charge in [-0.05, 0) is 47.8 Å². The Bertz CT molecular complexity index is 1350. The number of nitrogens with zero attached hydrogens (tertiary/aromatic N) is 4. The lowest BCUT2D eigenvalue weighted by Gasteiger charge is -2.45. The molecule has 0 saturated carbocycles. The van der Waals surface area contributed by atoms with Crippen LogP contribution in [0.3, 0.4) is 0 Å². The summed E-state index contributed by atoms with van der Waals surface area (Å²) in [5.74, 6) is 0.0378. The third kappa shape index (κ3) is 5.09. The number of carboxylic acid groups (broad SMARTS) is 1. The third-order valence-electron chi connectivity index (χ3n) is 6.72. The van der Waals surface area contributed by atoms with Crippen LogP contribution >= 0.6 is 20.8 Å². The number of carbonyl (C=O) groups is 1. The van der Waals surface area contributed by atoms with E-state index in [-0.39, 0.29) is 12.2 Å². The molecule has 2 aliphatic rings. The van der Waals surface area contributed by atoms with Gasteiger partial charge in [-0.25, -0.2) is 9.38 Å². The number of hydrogen-bond donors (Lipinski definition) is 1. The molecule has 0 spiro atoms. The predicted octanol–water partition coefficient (Wildman–Crippen LogP) is 4.83. The number of aliphatic carboxylic acids is 1. The van der Waals surface area contributed by atoms with Gasteiger partial charge in [-0.1, -0.05) is 29.8 Å². The summed E-state index contributed by atoms with van der Waals surface area (Å²) in [7, 11) is 4.29. The van der Waals surface area contributed by atoms with Gasteiger partial charge < -0.3 is 24.5 Å². The van der Waals surface area contributed by atoms with Gasteiger partial charge in [0.15, 0.2) is 0 Å². The molecule has 0 aromatic heterocycles. The van der Waals surface area contributed by atoms with E-state index in [1.807, 2.05) is 23.1 Å². The van der Waals surface area contributed by atoms with Crippen LogP contribution < -0.4 is 19.8 Å². The van der Waals surface area contributed by atoms with E-state index in [2.05, 4.69) is 19.0 Å². The number of methoxy groups -OCH3 is 1. The molecule has 2 unspecified atom stereocenters. The number of benzene rings is 3. The van der Waals surface area contributed by atoms with Gasteiger partial charge in [0, 0.05) is 42.5 Å². The van der Waals surface area contributed by atoms with Crippen molar-refractivity contribution in [3.8, 4) is 5.75 Å². The normalized spacial score (nSPS) is 17.4. The van der Waals surface area contributed by atoms with Gasteiger partial charge in [-0.15, -0.1) is 9.24 Å². The monoisotopic (exact) mass is 540 g/mol. The topological polar surface area (TPSA) is 68.6 Å². The first-order valence-corrected chi connectivity index (χ1v) is 12.9. The summed E-state index contributed by atoms with van der Waals surface area (Å²) in [6.45, 7) is 2.68. The molecule has 0 bridgehead atoms. The Kier molecular flexibility index (Phi) is 7.22. The molecule has 2 aliphatic heterocycles. The Balaban J connectivity index is 1.58. The summed E-state index contributed by atoms with van der Waals surface area (Å²) in [5, 5.41) is 11.3. The number of anilines is 2. The maximum absolute atomic E-state index is 13.4. The molecule has 37 heavy (non-hydrogen) atoms. The Morgan fingerprint density at radius 3 is 2.49 bits per heavy atom. The fraction of sp³-hybridized carbons (Fsp3) is 0.259. The molecular formula is C27H27ClFN4O3P. The van der Waals surface area contributed by atoms with Crippen LogP contribution in [0.2, 0.25) is 5.02 Å². The Labute approximate surface area is 222 Å². The van der Waals surface area contributed by atoms with Gasteiger partial charge >= 0.3 is 5.97 Å². The smallest absolute Gasteiger partial charge is 0.305 e. The van der Waals surface area contributed by atoms with Crippen molar-refractivity contribution in [2.24, 2.45) is 4.99 Å². The van der Waals surface area contributed by atoms with Crippen LogP contribution in [-0.4, -0.2) is 55.2 Å². The minimum absolute atomic E-state index is 0.134. The summed E-state index contributed by atoms with van der Waals surface area (Å²) in [5.41, 5.74) is 3.19. The highest BCUT2D eigenvalue weighted by Gasteiger charge is 2.38. The first kappa shape index (κ1) is 25.3. The summed E-state index contributed by atoms with van der Waals surface area (Å²) in [6.07, 6.45) is -0.134. The highest BCUT2D eigenvalue weighted by molar-refractivity contribution is 7.28. The highest BCUT2D eigenvalue weighted by Crippen LogP contribution is 2.44. The van der Waals surface area contributed by atoms with Crippen molar-refractivity contribution in [3.63, 3.8) is 0 Å². The highest BCUT2D eigenvalue weighted by atomic mass is 35.5. The second-order valence-corrected chi connectivity index (χ2v) is 10.0. The standard InChI is InChI=1S/C27H27ClFN4O3P/c1-36-23-10-5-17(28)15-22(23)33-21(16-25(34)35)20-3-2-4-24(37)26(20)30-27(33)32-13-11-31(12-14-32)19-8-6-18(29)7-9-19/h2-10,15,21H,11-14,16,37H2,1H3,(H,34,35). The van der Waals surface area contributed by atoms with Gasteiger partial charge in [-0.2, -0.15) is 0 Å². The van der Waals surface area contributed by atoms with E-state index >= 15 is 0 Å².